The highest BCUT2D eigenvalue weighted by Crippen LogP contribution is 2.28. The molecule has 7 heteroatoms. The Morgan fingerprint density at radius 3 is 2.80 bits per heavy atom. The van der Waals surface area contributed by atoms with Crippen molar-refractivity contribution in [3.05, 3.63) is 40.9 Å². The van der Waals surface area contributed by atoms with E-state index in [1.807, 2.05) is 31.2 Å². The van der Waals surface area contributed by atoms with Crippen molar-refractivity contribution in [3.8, 4) is 5.75 Å². The highest BCUT2D eigenvalue weighted by atomic mass is 32.1. The fraction of sp³-hybridized carbons (Fsp3) is 0.389. The van der Waals surface area contributed by atoms with Gasteiger partial charge in [0.1, 0.15) is 5.75 Å². The van der Waals surface area contributed by atoms with Crippen molar-refractivity contribution in [2.24, 2.45) is 0 Å². The van der Waals surface area contributed by atoms with Crippen LogP contribution in [-0.2, 0) is 20.7 Å². The number of nitrogens with one attached hydrogen (secondary N) is 1. The minimum Gasteiger partial charge on any atom is -0.496 e. The Hall–Kier alpha value is -2.41. The summed E-state index contributed by atoms with van der Waals surface area (Å²) in [7, 11) is 1.62. The molecule has 0 saturated carbocycles. The fourth-order valence-corrected chi connectivity index (χ4v) is 3.16. The van der Waals surface area contributed by atoms with Crippen LogP contribution in [0.3, 0.4) is 0 Å². The molecule has 1 amide bonds. The number of para-hydroxylation sites is 1. The molecule has 1 aromatic heterocycles. The van der Waals surface area contributed by atoms with Crippen molar-refractivity contribution in [3.63, 3.8) is 0 Å². The second-order valence-corrected chi connectivity index (χ2v) is 6.38. The molecule has 0 aliphatic rings. The van der Waals surface area contributed by atoms with Crippen LogP contribution >= 0.6 is 11.3 Å². The van der Waals surface area contributed by atoms with E-state index >= 15 is 0 Å². The molecule has 0 spiro atoms. The fourth-order valence-electron chi connectivity index (χ4n) is 2.44. The lowest BCUT2D eigenvalue weighted by Gasteiger charge is -2.14. The zero-order valence-electron chi connectivity index (χ0n) is 14.6. The number of carbonyl (C=O) groups is 2. The number of amides is 1. The lowest BCUT2D eigenvalue weighted by Crippen LogP contribution is -2.15. The Morgan fingerprint density at radius 2 is 2.08 bits per heavy atom. The van der Waals surface area contributed by atoms with E-state index in [9.17, 15) is 9.59 Å². The van der Waals surface area contributed by atoms with Gasteiger partial charge in [0.25, 0.3) is 0 Å². The van der Waals surface area contributed by atoms with Gasteiger partial charge in [-0.05, 0) is 24.5 Å². The normalized spacial score (nSPS) is 11.6. The Bertz CT molecular complexity index is 729. The van der Waals surface area contributed by atoms with Gasteiger partial charge in [-0.3, -0.25) is 9.59 Å². The quantitative estimate of drug-likeness (QED) is 0.728. The molecule has 0 fully saturated rings. The first-order valence-electron chi connectivity index (χ1n) is 8.06. The largest absolute Gasteiger partial charge is 0.496 e. The highest BCUT2D eigenvalue weighted by molar-refractivity contribution is 7.13. The molecule has 2 aromatic rings. The van der Waals surface area contributed by atoms with E-state index in [-0.39, 0.29) is 24.2 Å². The molecule has 0 aliphatic carbocycles. The van der Waals surface area contributed by atoms with Crippen molar-refractivity contribution < 1.29 is 19.1 Å². The van der Waals surface area contributed by atoms with Crippen LogP contribution in [0.4, 0.5) is 5.13 Å². The Balaban J connectivity index is 1.92. The molecule has 0 saturated heterocycles. The summed E-state index contributed by atoms with van der Waals surface area (Å²) in [6, 6.07) is 7.66. The number of benzene rings is 1. The average Bonchev–Trinajstić information content (AvgIpc) is 3.01. The maximum atomic E-state index is 12.3. The highest BCUT2D eigenvalue weighted by Gasteiger charge is 2.16. The van der Waals surface area contributed by atoms with Crippen LogP contribution in [0.5, 0.6) is 5.75 Å². The molecule has 1 aromatic carbocycles. The monoisotopic (exact) mass is 362 g/mol. The number of aromatic nitrogens is 1. The van der Waals surface area contributed by atoms with Gasteiger partial charge in [-0.15, -0.1) is 11.3 Å². The van der Waals surface area contributed by atoms with E-state index in [0.29, 0.717) is 23.9 Å². The van der Waals surface area contributed by atoms with E-state index in [4.69, 9.17) is 9.47 Å². The summed E-state index contributed by atoms with van der Waals surface area (Å²) in [5.74, 6) is 0.329. The minimum atomic E-state index is -0.324. The summed E-state index contributed by atoms with van der Waals surface area (Å²) in [4.78, 5) is 28.0. The van der Waals surface area contributed by atoms with Crippen molar-refractivity contribution in [1.82, 2.24) is 4.98 Å². The Kier molecular flexibility index (Phi) is 6.94. The number of methoxy groups -OCH3 is 1. The number of hydrogen-bond donors (Lipinski definition) is 1. The number of rotatable bonds is 8. The summed E-state index contributed by atoms with van der Waals surface area (Å²) in [5, 5.41) is 5.01. The molecule has 2 rings (SSSR count). The Labute approximate surface area is 151 Å². The molecule has 6 nitrogen and oxygen atoms in total. The van der Waals surface area contributed by atoms with Gasteiger partial charge in [-0.25, -0.2) is 4.98 Å². The van der Waals surface area contributed by atoms with Crippen LogP contribution in [0.1, 0.15) is 37.4 Å². The van der Waals surface area contributed by atoms with Gasteiger partial charge in [0, 0.05) is 11.8 Å². The topological polar surface area (TPSA) is 77.5 Å². The van der Waals surface area contributed by atoms with Crippen LogP contribution in [0.25, 0.3) is 0 Å². The van der Waals surface area contributed by atoms with Gasteiger partial charge in [0.2, 0.25) is 5.91 Å². The van der Waals surface area contributed by atoms with Crippen molar-refractivity contribution in [2.45, 2.75) is 32.6 Å². The van der Waals surface area contributed by atoms with Gasteiger partial charge in [-0.2, -0.15) is 0 Å². The standard InChI is InChI=1S/C18H22N2O4S/c1-4-24-17(22)10-13-11-25-18(19-13)20-16(21)9-12(2)14-7-5-6-8-15(14)23-3/h5-8,11-12H,4,9-10H2,1-3H3,(H,19,20,21). The lowest BCUT2D eigenvalue weighted by atomic mass is 9.96. The third-order valence-corrected chi connectivity index (χ3v) is 4.40. The molecule has 0 radical (unpaired) electrons. The summed E-state index contributed by atoms with van der Waals surface area (Å²) in [6.45, 7) is 4.08. The molecular formula is C18H22N2O4S. The third kappa shape index (κ3) is 5.56. The average molecular weight is 362 g/mol. The molecule has 1 unspecified atom stereocenters. The van der Waals surface area contributed by atoms with Crippen LogP contribution in [-0.4, -0.2) is 30.6 Å². The van der Waals surface area contributed by atoms with E-state index in [0.717, 1.165) is 11.3 Å². The van der Waals surface area contributed by atoms with Crippen molar-refractivity contribution in [2.75, 3.05) is 19.0 Å². The smallest absolute Gasteiger partial charge is 0.311 e. The summed E-state index contributed by atoms with van der Waals surface area (Å²) in [5.41, 5.74) is 1.58. The second-order valence-electron chi connectivity index (χ2n) is 5.52. The number of ether oxygens (including phenoxy) is 2. The van der Waals surface area contributed by atoms with Gasteiger partial charge in [0.15, 0.2) is 5.13 Å². The SMILES string of the molecule is CCOC(=O)Cc1csc(NC(=O)CC(C)c2ccccc2OC)n1. The molecule has 25 heavy (non-hydrogen) atoms. The summed E-state index contributed by atoms with van der Waals surface area (Å²) >= 11 is 1.29. The zero-order chi connectivity index (χ0) is 18.2. The number of nitrogens with zero attached hydrogens (tertiary/aromatic N) is 1. The number of thiazole rings is 1. The van der Waals surface area contributed by atoms with E-state index in [1.165, 1.54) is 11.3 Å². The molecule has 1 heterocycles. The number of esters is 1. The molecular weight excluding hydrogens is 340 g/mol. The van der Waals surface area contributed by atoms with Crippen LogP contribution in [0.15, 0.2) is 29.6 Å². The van der Waals surface area contributed by atoms with Crippen LogP contribution in [0, 0.1) is 0 Å². The van der Waals surface area contributed by atoms with Gasteiger partial charge >= 0.3 is 5.97 Å². The van der Waals surface area contributed by atoms with Crippen molar-refractivity contribution in [1.29, 1.82) is 0 Å². The van der Waals surface area contributed by atoms with E-state index < -0.39 is 0 Å². The number of anilines is 1. The van der Waals surface area contributed by atoms with E-state index in [1.54, 1.807) is 19.4 Å². The molecule has 134 valence electrons. The minimum absolute atomic E-state index is 0.00937. The summed E-state index contributed by atoms with van der Waals surface area (Å²) in [6.07, 6.45) is 0.422. The predicted octanol–water partition coefficient (Wildman–Crippen LogP) is 3.39. The van der Waals surface area contributed by atoms with Crippen LogP contribution in [0.2, 0.25) is 0 Å². The number of carbonyl (C=O) groups excluding carboxylic acids is 2. The molecule has 1 atom stereocenters. The van der Waals surface area contributed by atoms with Gasteiger partial charge < -0.3 is 14.8 Å². The second kappa shape index (κ2) is 9.17. The summed E-state index contributed by atoms with van der Waals surface area (Å²) < 4.78 is 10.2. The number of hydrogen-bond acceptors (Lipinski definition) is 6. The molecule has 0 bridgehead atoms. The first-order chi connectivity index (χ1) is 12.0. The zero-order valence-corrected chi connectivity index (χ0v) is 15.4. The van der Waals surface area contributed by atoms with Crippen molar-refractivity contribution >= 4 is 28.3 Å². The molecule has 0 aliphatic heterocycles. The van der Waals surface area contributed by atoms with Gasteiger partial charge in [0.05, 0.1) is 25.8 Å². The lowest BCUT2D eigenvalue weighted by molar-refractivity contribution is -0.142. The van der Waals surface area contributed by atoms with Gasteiger partial charge in [-0.1, -0.05) is 25.1 Å². The maximum Gasteiger partial charge on any atom is 0.311 e. The van der Waals surface area contributed by atoms with E-state index in [2.05, 4.69) is 10.3 Å². The first-order valence-corrected chi connectivity index (χ1v) is 8.94. The van der Waals surface area contributed by atoms with Crippen LogP contribution < -0.4 is 10.1 Å². The molecule has 1 N–H and O–H groups in total. The Morgan fingerprint density at radius 1 is 1.32 bits per heavy atom. The first kappa shape index (κ1) is 18.9. The maximum absolute atomic E-state index is 12.3. The predicted molar refractivity (Wildman–Crippen MR) is 97.1 cm³/mol. The third-order valence-electron chi connectivity index (χ3n) is 3.59.